The molecule has 0 amide bonds. The van der Waals surface area contributed by atoms with Crippen LogP contribution in [0.5, 0.6) is 5.75 Å². The Morgan fingerprint density at radius 1 is 1.17 bits per heavy atom. The van der Waals surface area contributed by atoms with Crippen molar-refractivity contribution in [2.45, 2.75) is 43.5 Å². The van der Waals surface area contributed by atoms with Crippen LogP contribution in [0.2, 0.25) is 0 Å². The highest BCUT2D eigenvalue weighted by molar-refractivity contribution is 7.94. The molecule has 1 fully saturated rings. The lowest BCUT2D eigenvalue weighted by molar-refractivity contribution is 0.0973. The van der Waals surface area contributed by atoms with Gasteiger partial charge in [-0.3, -0.25) is 4.72 Å². The zero-order valence-corrected chi connectivity index (χ0v) is 17.0. The third kappa shape index (κ3) is 3.69. The Kier molecular flexibility index (Phi) is 5.09. The molecule has 1 saturated carbocycles. The number of halogens is 3. The predicted octanol–water partition coefficient (Wildman–Crippen LogP) is 3.96. The third-order valence-corrected chi connectivity index (χ3v) is 7.77. The number of ether oxygens (including phenoxy) is 1. The minimum absolute atomic E-state index is 0.162. The number of rotatable bonds is 2. The van der Waals surface area contributed by atoms with Gasteiger partial charge in [0.1, 0.15) is 29.5 Å². The number of fused-ring (bicyclic) bond motifs is 1. The second-order valence-electron chi connectivity index (χ2n) is 7.82. The number of sulfonamides is 1. The van der Waals surface area contributed by atoms with Crippen molar-refractivity contribution in [1.29, 1.82) is 0 Å². The highest BCUT2D eigenvalue weighted by Gasteiger charge is 2.55. The number of hydrogen-bond donors (Lipinski definition) is 3. The Balaban J connectivity index is 1.85. The summed E-state index contributed by atoms with van der Waals surface area (Å²) < 4.78 is 76.0. The molecule has 4 rings (SSSR count). The summed E-state index contributed by atoms with van der Waals surface area (Å²) in [6, 6.07) is 4.81. The lowest BCUT2D eigenvalue weighted by Crippen LogP contribution is -2.33. The maximum atomic E-state index is 14.7. The van der Waals surface area contributed by atoms with Gasteiger partial charge in [0.2, 0.25) is 10.0 Å². The summed E-state index contributed by atoms with van der Waals surface area (Å²) in [6.07, 6.45) is 0.220. The minimum atomic E-state index is -4.01. The largest absolute Gasteiger partial charge is 0.488 e. The van der Waals surface area contributed by atoms with Crippen LogP contribution in [0, 0.1) is 24.4 Å². The number of benzene rings is 2. The van der Waals surface area contributed by atoms with Gasteiger partial charge in [-0.15, -0.1) is 0 Å². The van der Waals surface area contributed by atoms with Crippen LogP contribution in [0.25, 0.3) is 0 Å². The molecule has 0 saturated heterocycles. The predicted molar refractivity (Wildman–Crippen MR) is 106 cm³/mol. The van der Waals surface area contributed by atoms with Crippen LogP contribution in [0.4, 0.5) is 30.2 Å². The summed E-state index contributed by atoms with van der Waals surface area (Å²) in [4.78, 5) is 0. The highest BCUT2D eigenvalue weighted by atomic mass is 32.2. The van der Waals surface area contributed by atoms with Gasteiger partial charge < -0.3 is 15.2 Å². The zero-order chi connectivity index (χ0) is 21.7. The van der Waals surface area contributed by atoms with E-state index in [0.29, 0.717) is 24.5 Å². The zero-order valence-electron chi connectivity index (χ0n) is 16.1. The van der Waals surface area contributed by atoms with Crippen molar-refractivity contribution in [3.63, 3.8) is 0 Å². The fourth-order valence-corrected chi connectivity index (χ4v) is 5.24. The van der Waals surface area contributed by atoms with Crippen molar-refractivity contribution in [3.8, 4) is 5.75 Å². The van der Waals surface area contributed by atoms with Gasteiger partial charge in [0.15, 0.2) is 11.6 Å². The molecular weight excluding hydrogens is 421 g/mol. The third-order valence-electron chi connectivity index (χ3n) is 5.55. The van der Waals surface area contributed by atoms with E-state index in [0.717, 1.165) is 0 Å². The Morgan fingerprint density at radius 3 is 2.57 bits per heavy atom. The molecule has 1 aliphatic heterocycles. The van der Waals surface area contributed by atoms with Gasteiger partial charge in [0.25, 0.3) is 0 Å². The summed E-state index contributed by atoms with van der Waals surface area (Å²) in [7, 11) is -4.01. The average Bonchev–Trinajstić information content (AvgIpc) is 3.47. The molecule has 1 aliphatic carbocycles. The second kappa shape index (κ2) is 7.35. The molecule has 1 spiro atoms. The first-order valence-electron chi connectivity index (χ1n) is 9.50. The van der Waals surface area contributed by atoms with Crippen molar-refractivity contribution < 1.29 is 31.4 Å². The number of aliphatic hydroxyl groups excluding tert-OH is 1. The average molecular weight is 442 g/mol. The van der Waals surface area contributed by atoms with E-state index < -0.39 is 44.0 Å². The molecule has 1 heterocycles. The van der Waals surface area contributed by atoms with E-state index in [-0.39, 0.29) is 36.6 Å². The SMILES string of the molecule is Cc1ccc(Nc2c(F)c(F)cc3c2NS(=O)(=O)C2(CCC(O)CO3)CC2)c(F)c1. The minimum Gasteiger partial charge on any atom is -0.488 e. The number of aliphatic hydroxyl groups is 1. The smallest absolute Gasteiger partial charge is 0.238 e. The van der Waals surface area contributed by atoms with E-state index >= 15 is 0 Å². The number of aryl methyl sites for hydroxylation is 1. The molecule has 0 bridgehead atoms. The van der Waals surface area contributed by atoms with Crippen LogP contribution >= 0.6 is 0 Å². The standard InChI is InChI=1S/C20H21F3N2O4S/c1-11-2-3-15(13(21)8-11)24-19-17(23)14(22)9-16-18(19)25-30(27,28)20(6-7-20)5-4-12(26)10-29-16/h2-3,8-9,12,24-26H,4-7,10H2,1H3. The van der Waals surface area contributed by atoms with E-state index in [1.54, 1.807) is 13.0 Å². The van der Waals surface area contributed by atoms with Crippen LogP contribution in [-0.2, 0) is 10.0 Å². The second-order valence-corrected chi connectivity index (χ2v) is 9.90. The molecule has 1 atom stereocenters. The summed E-state index contributed by atoms with van der Waals surface area (Å²) in [5.74, 6) is -3.72. The Labute approximate surface area is 172 Å². The van der Waals surface area contributed by atoms with Gasteiger partial charge in [-0.25, -0.2) is 21.6 Å². The fraction of sp³-hybridized carbons (Fsp3) is 0.400. The number of hydrogen-bond acceptors (Lipinski definition) is 5. The lowest BCUT2D eigenvalue weighted by Gasteiger charge is -2.25. The molecule has 6 nitrogen and oxygen atoms in total. The summed E-state index contributed by atoms with van der Waals surface area (Å²) in [5, 5.41) is 12.6. The van der Waals surface area contributed by atoms with Crippen LogP contribution in [0.1, 0.15) is 31.2 Å². The number of nitrogens with one attached hydrogen (secondary N) is 2. The Morgan fingerprint density at radius 2 is 1.90 bits per heavy atom. The maximum absolute atomic E-state index is 14.7. The van der Waals surface area contributed by atoms with E-state index in [9.17, 15) is 26.7 Å². The first kappa shape index (κ1) is 20.8. The molecule has 2 aromatic rings. The van der Waals surface area contributed by atoms with Crippen molar-refractivity contribution in [3.05, 3.63) is 47.3 Å². The van der Waals surface area contributed by atoms with E-state index in [1.165, 1.54) is 12.1 Å². The first-order chi connectivity index (χ1) is 14.1. The van der Waals surface area contributed by atoms with Crippen LogP contribution in [0.15, 0.2) is 24.3 Å². The molecule has 162 valence electrons. The van der Waals surface area contributed by atoms with Gasteiger partial charge in [0, 0.05) is 6.07 Å². The molecule has 3 N–H and O–H groups in total. The summed E-state index contributed by atoms with van der Waals surface area (Å²) in [5.41, 5.74) is -0.504. The van der Waals surface area contributed by atoms with Gasteiger partial charge in [0.05, 0.1) is 16.5 Å². The summed E-state index contributed by atoms with van der Waals surface area (Å²) in [6.45, 7) is 1.44. The first-order valence-corrected chi connectivity index (χ1v) is 11.0. The molecule has 2 aromatic carbocycles. The quantitative estimate of drug-likeness (QED) is 0.655. The van der Waals surface area contributed by atoms with Gasteiger partial charge in [-0.1, -0.05) is 6.07 Å². The van der Waals surface area contributed by atoms with E-state index in [4.69, 9.17) is 4.74 Å². The normalized spacial score (nSPS) is 21.8. The number of anilines is 3. The van der Waals surface area contributed by atoms with Crippen LogP contribution < -0.4 is 14.8 Å². The molecule has 1 unspecified atom stereocenters. The molecule has 30 heavy (non-hydrogen) atoms. The highest BCUT2D eigenvalue weighted by Crippen LogP contribution is 2.50. The fourth-order valence-electron chi connectivity index (χ4n) is 3.53. The molecular formula is C20H21F3N2O4S. The molecule has 0 aromatic heterocycles. The van der Waals surface area contributed by atoms with Crippen molar-refractivity contribution in [2.24, 2.45) is 0 Å². The molecule has 10 heteroatoms. The van der Waals surface area contributed by atoms with Crippen molar-refractivity contribution >= 4 is 27.1 Å². The topological polar surface area (TPSA) is 87.7 Å². The van der Waals surface area contributed by atoms with Gasteiger partial charge >= 0.3 is 0 Å². The maximum Gasteiger partial charge on any atom is 0.238 e. The lowest BCUT2D eigenvalue weighted by atomic mass is 10.1. The Bertz CT molecular complexity index is 1100. The monoisotopic (exact) mass is 442 g/mol. The van der Waals surface area contributed by atoms with Crippen LogP contribution in [-0.4, -0.2) is 31.0 Å². The van der Waals surface area contributed by atoms with E-state index in [2.05, 4.69) is 10.0 Å². The molecule has 0 radical (unpaired) electrons. The Hall–Kier alpha value is -2.46. The van der Waals surface area contributed by atoms with Gasteiger partial charge in [-0.05, 0) is 50.3 Å². The van der Waals surface area contributed by atoms with Crippen molar-refractivity contribution in [2.75, 3.05) is 16.6 Å². The van der Waals surface area contributed by atoms with Gasteiger partial charge in [-0.2, -0.15) is 0 Å². The summed E-state index contributed by atoms with van der Waals surface area (Å²) >= 11 is 0. The van der Waals surface area contributed by atoms with Crippen molar-refractivity contribution in [1.82, 2.24) is 0 Å². The molecule has 2 aliphatic rings. The van der Waals surface area contributed by atoms with E-state index in [1.807, 2.05) is 0 Å². The van der Waals surface area contributed by atoms with Crippen LogP contribution in [0.3, 0.4) is 0 Å².